The first-order chi connectivity index (χ1) is 28.9. The van der Waals surface area contributed by atoms with Crippen LogP contribution in [-0.2, 0) is 28.6 Å². The van der Waals surface area contributed by atoms with Gasteiger partial charge >= 0.3 is 17.9 Å². The molecule has 0 aliphatic carbocycles. The standard InChI is InChI=1S/C53H102O6/c1-5-8-10-12-14-16-18-20-21-22-23-24-25-26-28-30-32-37-41-45-52(55)58-48-50(59-53(56)46-42-38-34-33-35-39-43-49(4)7-3)47-57-51(54)44-40-36-31-29-27-19-17-15-13-11-9-6-2/h49-50H,5-48H2,1-4H3/t49?,50-/m1/s1. The average molecular weight is 835 g/mol. The van der Waals surface area contributed by atoms with Gasteiger partial charge in [-0.15, -0.1) is 0 Å². The van der Waals surface area contributed by atoms with Gasteiger partial charge in [0.25, 0.3) is 0 Å². The summed E-state index contributed by atoms with van der Waals surface area (Å²) < 4.78 is 16.8. The number of hydrogen-bond acceptors (Lipinski definition) is 6. The lowest BCUT2D eigenvalue weighted by Gasteiger charge is -2.18. The van der Waals surface area contributed by atoms with E-state index >= 15 is 0 Å². The third-order valence-electron chi connectivity index (χ3n) is 12.4. The highest BCUT2D eigenvalue weighted by molar-refractivity contribution is 5.71. The van der Waals surface area contributed by atoms with Gasteiger partial charge in [0, 0.05) is 19.3 Å². The van der Waals surface area contributed by atoms with E-state index in [9.17, 15) is 14.4 Å². The van der Waals surface area contributed by atoms with E-state index < -0.39 is 6.10 Å². The molecule has 0 fully saturated rings. The van der Waals surface area contributed by atoms with Crippen molar-refractivity contribution in [2.75, 3.05) is 13.2 Å². The van der Waals surface area contributed by atoms with Gasteiger partial charge in [0.2, 0.25) is 0 Å². The van der Waals surface area contributed by atoms with Gasteiger partial charge in [-0.25, -0.2) is 0 Å². The van der Waals surface area contributed by atoms with Gasteiger partial charge in [-0.2, -0.15) is 0 Å². The highest BCUT2D eigenvalue weighted by atomic mass is 16.6. The lowest BCUT2D eigenvalue weighted by Crippen LogP contribution is -2.30. The molecule has 1 unspecified atom stereocenters. The summed E-state index contributed by atoms with van der Waals surface area (Å²) in [4.78, 5) is 37.9. The fourth-order valence-electron chi connectivity index (χ4n) is 8.01. The molecule has 0 saturated carbocycles. The van der Waals surface area contributed by atoms with E-state index in [2.05, 4.69) is 27.7 Å². The van der Waals surface area contributed by atoms with Crippen LogP contribution in [0.5, 0.6) is 0 Å². The Balaban J connectivity index is 4.22. The van der Waals surface area contributed by atoms with Crippen molar-refractivity contribution in [3.63, 3.8) is 0 Å². The van der Waals surface area contributed by atoms with Crippen LogP contribution in [0.3, 0.4) is 0 Å². The minimum absolute atomic E-state index is 0.0637. The summed E-state index contributed by atoms with van der Waals surface area (Å²) in [5, 5.41) is 0. The van der Waals surface area contributed by atoms with Crippen LogP contribution in [0.25, 0.3) is 0 Å². The first-order valence-electron chi connectivity index (χ1n) is 26.4. The normalized spacial score (nSPS) is 12.4. The maximum atomic E-state index is 12.7. The van der Waals surface area contributed by atoms with E-state index in [0.29, 0.717) is 19.3 Å². The number of ether oxygens (including phenoxy) is 3. The Hall–Kier alpha value is -1.59. The molecule has 59 heavy (non-hydrogen) atoms. The minimum atomic E-state index is -0.761. The second-order valence-corrected chi connectivity index (χ2v) is 18.4. The van der Waals surface area contributed by atoms with Crippen molar-refractivity contribution >= 4 is 17.9 Å². The molecule has 0 radical (unpaired) electrons. The molecule has 0 aromatic rings. The second-order valence-electron chi connectivity index (χ2n) is 18.4. The maximum absolute atomic E-state index is 12.7. The average Bonchev–Trinajstić information content (AvgIpc) is 3.23. The molecule has 6 nitrogen and oxygen atoms in total. The molecule has 0 aromatic heterocycles. The Morgan fingerprint density at radius 1 is 0.339 bits per heavy atom. The summed E-state index contributed by atoms with van der Waals surface area (Å²) in [6, 6.07) is 0. The predicted octanol–water partition coefficient (Wildman–Crippen LogP) is 17.1. The van der Waals surface area contributed by atoms with Crippen LogP contribution in [0.1, 0.15) is 297 Å². The molecule has 0 rings (SSSR count). The number of esters is 3. The molecule has 6 heteroatoms. The van der Waals surface area contributed by atoms with Crippen LogP contribution in [0.15, 0.2) is 0 Å². The molecule has 2 atom stereocenters. The Labute approximate surface area is 368 Å². The summed E-state index contributed by atoms with van der Waals surface area (Å²) in [6.07, 6.45) is 49.5. The molecule has 0 spiro atoms. The van der Waals surface area contributed by atoms with E-state index in [-0.39, 0.29) is 31.1 Å². The fourth-order valence-corrected chi connectivity index (χ4v) is 8.01. The van der Waals surface area contributed by atoms with Gasteiger partial charge in [-0.3, -0.25) is 14.4 Å². The minimum Gasteiger partial charge on any atom is -0.462 e. The molecule has 0 aliphatic rings. The summed E-state index contributed by atoms with van der Waals surface area (Å²) >= 11 is 0. The quantitative estimate of drug-likeness (QED) is 0.0345. The number of carbonyl (C=O) groups excluding carboxylic acids is 3. The SMILES string of the molecule is CCCCCCCCCCCCCCCCCCCCCC(=O)OC[C@@H](COC(=O)CCCCCCCCCCCCCC)OC(=O)CCCCCCCCC(C)CC. The second kappa shape index (κ2) is 47.5. The zero-order chi connectivity index (χ0) is 43.1. The third kappa shape index (κ3) is 45.8. The highest BCUT2D eigenvalue weighted by Crippen LogP contribution is 2.18. The molecule has 0 amide bonds. The van der Waals surface area contributed by atoms with E-state index in [1.807, 2.05) is 0 Å². The van der Waals surface area contributed by atoms with Crippen LogP contribution in [0.2, 0.25) is 0 Å². The molecule has 0 aliphatic heterocycles. The lowest BCUT2D eigenvalue weighted by molar-refractivity contribution is -0.167. The lowest BCUT2D eigenvalue weighted by atomic mass is 10.00. The summed E-state index contributed by atoms with van der Waals surface area (Å²) in [5.41, 5.74) is 0. The molecular formula is C53H102O6. The zero-order valence-electron chi connectivity index (χ0n) is 40.2. The summed E-state index contributed by atoms with van der Waals surface area (Å²) in [6.45, 7) is 9.00. The molecule has 0 saturated heterocycles. The number of unbranched alkanes of at least 4 members (excludes halogenated alkanes) is 34. The van der Waals surface area contributed by atoms with E-state index in [1.54, 1.807) is 0 Å². The molecular weight excluding hydrogens is 733 g/mol. The van der Waals surface area contributed by atoms with Gasteiger partial charge in [-0.05, 0) is 25.2 Å². The molecule has 0 heterocycles. The van der Waals surface area contributed by atoms with Gasteiger partial charge in [0.1, 0.15) is 13.2 Å². The van der Waals surface area contributed by atoms with Gasteiger partial charge in [-0.1, -0.05) is 259 Å². The van der Waals surface area contributed by atoms with Crippen molar-refractivity contribution in [2.45, 2.75) is 303 Å². The highest BCUT2D eigenvalue weighted by Gasteiger charge is 2.19. The van der Waals surface area contributed by atoms with Crippen molar-refractivity contribution in [1.29, 1.82) is 0 Å². The van der Waals surface area contributed by atoms with E-state index in [1.165, 1.54) is 193 Å². The van der Waals surface area contributed by atoms with Crippen LogP contribution in [0, 0.1) is 5.92 Å². The Morgan fingerprint density at radius 3 is 0.881 bits per heavy atom. The maximum Gasteiger partial charge on any atom is 0.306 e. The monoisotopic (exact) mass is 835 g/mol. The molecule has 0 bridgehead atoms. The fraction of sp³-hybridized carbons (Fsp3) is 0.943. The van der Waals surface area contributed by atoms with Crippen molar-refractivity contribution in [1.82, 2.24) is 0 Å². The smallest absolute Gasteiger partial charge is 0.306 e. The molecule has 350 valence electrons. The van der Waals surface area contributed by atoms with Crippen molar-refractivity contribution < 1.29 is 28.6 Å². The zero-order valence-corrected chi connectivity index (χ0v) is 40.2. The van der Waals surface area contributed by atoms with Crippen LogP contribution in [-0.4, -0.2) is 37.2 Å². The summed E-state index contributed by atoms with van der Waals surface area (Å²) in [7, 11) is 0. The first-order valence-corrected chi connectivity index (χ1v) is 26.4. The largest absolute Gasteiger partial charge is 0.462 e. The van der Waals surface area contributed by atoms with Crippen LogP contribution >= 0.6 is 0 Å². The van der Waals surface area contributed by atoms with Gasteiger partial charge in [0.05, 0.1) is 0 Å². The van der Waals surface area contributed by atoms with Crippen LogP contribution in [0.4, 0.5) is 0 Å². The topological polar surface area (TPSA) is 78.9 Å². The Morgan fingerprint density at radius 2 is 0.593 bits per heavy atom. The predicted molar refractivity (Wildman–Crippen MR) is 252 cm³/mol. The van der Waals surface area contributed by atoms with Gasteiger partial charge in [0.15, 0.2) is 6.10 Å². The summed E-state index contributed by atoms with van der Waals surface area (Å²) in [5.74, 6) is -0.0382. The van der Waals surface area contributed by atoms with E-state index in [0.717, 1.165) is 63.7 Å². The number of hydrogen-bond donors (Lipinski definition) is 0. The van der Waals surface area contributed by atoms with Gasteiger partial charge < -0.3 is 14.2 Å². The first kappa shape index (κ1) is 57.4. The number of carbonyl (C=O) groups is 3. The van der Waals surface area contributed by atoms with Crippen LogP contribution < -0.4 is 0 Å². The molecule has 0 N–H and O–H groups in total. The molecule has 0 aromatic carbocycles. The van der Waals surface area contributed by atoms with Crippen molar-refractivity contribution in [3.05, 3.63) is 0 Å². The Kier molecular flexibility index (Phi) is 46.2. The Bertz CT molecular complexity index is 889. The van der Waals surface area contributed by atoms with E-state index in [4.69, 9.17) is 14.2 Å². The van der Waals surface area contributed by atoms with Crippen molar-refractivity contribution in [2.24, 2.45) is 5.92 Å². The van der Waals surface area contributed by atoms with Crippen molar-refractivity contribution in [3.8, 4) is 0 Å². The number of rotatable bonds is 48. The third-order valence-corrected chi connectivity index (χ3v) is 12.4.